The number of halogens is 1. The van der Waals surface area contributed by atoms with Crippen molar-refractivity contribution in [2.75, 3.05) is 12.8 Å². The SMILES string of the molecule is CC1CCC(N(C)Cc2cc(N)cc(Br)c2)CC1. The van der Waals surface area contributed by atoms with Crippen molar-refractivity contribution in [3.05, 3.63) is 28.2 Å². The van der Waals surface area contributed by atoms with E-state index < -0.39 is 0 Å². The highest BCUT2D eigenvalue weighted by molar-refractivity contribution is 9.10. The number of anilines is 1. The molecule has 0 spiro atoms. The molecule has 1 aromatic rings. The Hall–Kier alpha value is -0.540. The topological polar surface area (TPSA) is 29.3 Å². The first kappa shape index (κ1) is 13.9. The van der Waals surface area contributed by atoms with Crippen LogP contribution in [0.5, 0.6) is 0 Å². The van der Waals surface area contributed by atoms with Gasteiger partial charge in [0.25, 0.3) is 0 Å². The summed E-state index contributed by atoms with van der Waals surface area (Å²) in [5.74, 6) is 0.913. The van der Waals surface area contributed by atoms with Crippen molar-refractivity contribution >= 4 is 21.6 Å². The zero-order valence-electron chi connectivity index (χ0n) is 11.3. The van der Waals surface area contributed by atoms with Crippen LogP contribution in [0.2, 0.25) is 0 Å². The van der Waals surface area contributed by atoms with Gasteiger partial charge in [-0.2, -0.15) is 0 Å². The lowest BCUT2D eigenvalue weighted by atomic mass is 9.86. The highest BCUT2D eigenvalue weighted by Gasteiger charge is 2.21. The maximum absolute atomic E-state index is 5.88. The first-order valence-electron chi connectivity index (χ1n) is 6.80. The molecule has 0 atom stereocenters. The number of hydrogen-bond acceptors (Lipinski definition) is 2. The second-order valence-electron chi connectivity index (χ2n) is 5.72. The summed E-state index contributed by atoms with van der Waals surface area (Å²) < 4.78 is 1.07. The predicted molar refractivity (Wildman–Crippen MR) is 81.4 cm³/mol. The van der Waals surface area contributed by atoms with E-state index in [9.17, 15) is 0 Å². The second kappa shape index (κ2) is 6.07. The van der Waals surface area contributed by atoms with Crippen molar-refractivity contribution in [1.29, 1.82) is 0 Å². The van der Waals surface area contributed by atoms with Crippen molar-refractivity contribution in [2.45, 2.75) is 45.2 Å². The van der Waals surface area contributed by atoms with Crippen LogP contribution in [-0.2, 0) is 6.54 Å². The summed E-state index contributed by atoms with van der Waals surface area (Å²) in [6, 6.07) is 6.93. The number of hydrogen-bond donors (Lipinski definition) is 1. The highest BCUT2D eigenvalue weighted by Crippen LogP contribution is 2.27. The van der Waals surface area contributed by atoms with Crippen LogP contribution < -0.4 is 5.73 Å². The fourth-order valence-electron chi connectivity index (χ4n) is 2.87. The summed E-state index contributed by atoms with van der Waals surface area (Å²) in [4.78, 5) is 2.48. The quantitative estimate of drug-likeness (QED) is 0.854. The van der Waals surface area contributed by atoms with Crippen LogP contribution in [0.4, 0.5) is 5.69 Å². The summed E-state index contributed by atoms with van der Waals surface area (Å²) >= 11 is 3.51. The molecule has 2 nitrogen and oxygen atoms in total. The monoisotopic (exact) mass is 310 g/mol. The van der Waals surface area contributed by atoms with Crippen LogP contribution in [0.1, 0.15) is 38.2 Å². The van der Waals surface area contributed by atoms with Gasteiger partial charge in [0.1, 0.15) is 0 Å². The zero-order chi connectivity index (χ0) is 13.1. The first-order chi connectivity index (χ1) is 8.54. The number of nitrogens with zero attached hydrogens (tertiary/aromatic N) is 1. The van der Waals surface area contributed by atoms with Gasteiger partial charge >= 0.3 is 0 Å². The molecule has 1 aliphatic rings. The Bertz CT molecular complexity index is 377. The van der Waals surface area contributed by atoms with Gasteiger partial charge in [0.05, 0.1) is 0 Å². The molecule has 0 amide bonds. The molecule has 18 heavy (non-hydrogen) atoms. The summed E-state index contributed by atoms with van der Waals surface area (Å²) in [5, 5.41) is 0. The Kier molecular flexibility index (Phi) is 4.68. The van der Waals surface area contributed by atoms with Crippen molar-refractivity contribution in [3.63, 3.8) is 0 Å². The predicted octanol–water partition coefficient (Wildman–Crippen LogP) is 4.04. The molecular weight excluding hydrogens is 288 g/mol. The van der Waals surface area contributed by atoms with E-state index in [0.29, 0.717) is 0 Å². The van der Waals surface area contributed by atoms with Crippen LogP contribution in [0.15, 0.2) is 22.7 Å². The molecule has 0 aliphatic heterocycles. The molecule has 1 fully saturated rings. The smallest absolute Gasteiger partial charge is 0.0328 e. The largest absolute Gasteiger partial charge is 0.399 e. The number of benzene rings is 1. The van der Waals surface area contributed by atoms with Gasteiger partial charge in [-0.1, -0.05) is 22.9 Å². The third-order valence-electron chi connectivity index (χ3n) is 4.02. The standard InChI is InChI=1S/C15H23BrN2/c1-11-3-5-15(6-4-11)18(2)10-12-7-13(16)9-14(17)8-12/h7-9,11,15H,3-6,10,17H2,1-2H3. The van der Waals surface area contributed by atoms with Crippen molar-refractivity contribution < 1.29 is 0 Å². The minimum atomic E-state index is 0.737. The number of nitrogens with two attached hydrogens (primary N) is 1. The molecule has 0 unspecified atom stereocenters. The molecule has 1 aliphatic carbocycles. The van der Waals surface area contributed by atoms with Gasteiger partial charge in [0.2, 0.25) is 0 Å². The third-order valence-corrected chi connectivity index (χ3v) is 4.48. The van der Waals surface area contributed by atoms with Crippen molar-refractivity contribution in [2.24, 2.45) is 5.92 Å². The zero-order valence-corrected chi connectivity index (χ0v) is 12.9. The Morgan fingerprint density at radius 1 is 1.22 bits per heavy atom. The van der Waals surface area contributed by atoms with Gasteiger partial charge in [-0.05, 0) is 62.4 Å². The molecule has 0 heterocycles. The van der Waals surface area contributed by atoms with E-state index in [1.54, 1.807) is 0 Å². The van der Waals surface area contributed by atoms with E-state index in [2.05, 4.69) is 46.9 Å². The minimum Gasteiger partial charge on any atom is -0.399 e. The van der Waals surface area contributed by atoms with Crippen LogP contribution in [0.3, 0.4) is 0 Å². The van der Waals surface area contributed by atoms with Crippen LogP contribution in [0.25, 0.3) is 0 Å². The molecule has 2 N–H and O–H groups in total. The molecule has 3 heteroatoms. The maximum Gasteiger partial charge on any atom is 0.0328 e. The Morgan fingerprint density at radius 3 is 2.50 bits per heavy atom. The van der Waals surface area contributed by atoms with E-state index in [1.807, 2.05) is 6.07 Å². The lowest BCUT2D eigenvalue weighted by Crippen LogP contribution is -2.34. The molecule has 1 saturated carbocycles. The van der Waals surface area contributed by atoms with Crippen LogP contribution >= 0.6 is 15.9 Å². The summed E-state index contributed by atoms with van der Waals surface area (Å²) in [5.41, 5.74) is 8.02. The number of nitrogen functional groups attached to an aromatic ring is 1. The lowest BCUT2D eigenvalue weighted by Gasteiger charge is -2.33. The summed E-state index contributed by atoms with van der Waals surface area (Å²) in [7, 11) is 2.23. The Labute approximate surface area is 119 Å². The molecule has 2 rings (SSSR count). The van der Waals surface area contributed by atoms with Gasteiger partial charge in [-0.25, -0.2) is 0 Å². The highest BCUT2D eigenvalue weighted by atomic mass is 79.9. The van der Waals surface area contributed by atoms with Gasteiger partial charge in [0.15, 0.2) is 0 Å². The summed E-state index contributed by atoms with van der Waals surface area (Å²) in [6.07, 6.45) is 5.41. The van der Waals surface area contributed by atoms with Gasteiger partial charge < -0.3 is 5.73 Å². The number of rotatable bonds is 3. The minimum absolute atomic E-state index is 0.737. The molecule has 0 aromatic heterocycles. The van der Waals surface area contributed by atoms with E-state index in [0.717, 1.165) is 28.7 Å². The Morgan fingerprint density at radius 2 is 1.89 bits per heavy atom. The van der Waals surface area contributed by atoms with Gasteiger partial charge in [-0.15, -0.1) is 0 Å². The van der Waals surface area contributed by atoms with Gasteiger partial charge in [-0.3, -0.25) is 4.90 Å². The van der Waals surface area contributed by atoms with E-state index in [1.165, 1.54) is 31.2 Å². The van der Waals surface area contributed by atoms with Crippen LogP contribution in [0, 0.1) is 5.92 Å². The molecular formula is C15H23BrN2. The molecule has 0 bridgehead atoms. The van der Waals surface area contributed by atoms with Gasteiger partial charge in [0, 0.05) is 22.7 Å². The fourth-order valence-corrected chi connectivity index (χ4v) is 3.43. The maximum atomic E-state index is 5.88. The third kappa shape index (κ3) is 3.72. The normalized spacial score (nSPS) is 24.4. The fraction of sp³-hybridized carbons (Fsp3) is 0.600. The molecule has 0 radical (unpaired) electrons. The molecule has 100 valence electrons. The van der Waals surface area contributed by atoms with Crippen LogP contribution in [-0.4, -0.2) is 18.0 Å². The van der Waals surface area contributed by atoms with E-state index >= 15 is 0 Å². The van der Waals surface area contributed by atoms with Crippen molar-refractivity contribution in [3.8, 4) is 0 Å². The first-order valence-corrected chi connectivity index (χ1v) is 7.59. The lowest BCUT2D eigenvalue weighted by molar-refractivity contribution is 0.164. The second-order valence-corrected chi connectivity index (χ2v) is 6.64. The Balaban J connectivity index is 1.96. The molecule has 0 saturated heterocycles. The average molecular weight is 311 g/mol. The van der Waals surface area contributed by atoms with E-state index in [-0.39, 0.29) is 0 Å². The summed E-state index contributed by atoms with van der Waals surface area (Å²) in [6.45, 7) is 3.36. The average Bonchev–Trinajstić information content (AvgIpc) is 2.28. The van der Waals surface area contributed by atoms with Crippen molar-refractivity contribution in [1.82, 2.24) is 4.90 Å². The molecule has 1 aromatic carbocycles. The van der Waals surface area contributed by atoms with E-state index in [4.69, 9.17) is 5.73 Å².